The first kappa shape index (κ1) is 17.3. The van der Waals surface area contributed by atoms with Gasteiger partial charge in [0.05, 0.1) is 5.69 Å². The SMILES string of the molecule is Cc1nc(C2(NC(=O)Nc3ccc(C(C)(C)C)nn3)CCCC2)no1. The van der Waals surface area contributed by atoms with Crippen LogP contribution in [0.3, 0.4) is 0 Å². The largest absolute Gasteiger partial charge is 0.340 e. The number of hydrogen-bond donors (Lipinski definition) is 2. The highest BCUT2D eigenvalue weighted by atomic mass is 16.5. The lowest BCUT2D eigenvalue weighted by Gasteiger charge is -2.26. The Hall–Kier alpha value is -2.51. The van der Waals surface area contributed by atoms with Gasteiger partial charge in [0.1, 0.15) is 5.54 Å². The zero-order valence-electron chi connectivity index (χ0n) is 15.1. The van der Waals surface area contributed by atoms with Gasteiger partial charge in [-0.1, -0.05) is 38.8 Å². The van der Waals surface area contributed by atoms with Crippen molar-refractivity contribution in [2.75, 3.05) is 5.32 Å². The van der Waals surface area contributed by atoms with Crippen LogP contribution in [0.5, 0.6) is 0 Å². The van der Waals surface area contributed by atoms with Crippen LogP contribution >= 0.6 is 0 Å². The maximum absolute atomic E-state index is 12.5. The molecule has 0 aliphatic heterocycles. The second-order valence-electron chi connectivity index (χ2n) is 7.56. The molecule has 0 bridgehead atoms. The lowest BCUT2D eigenvalue weighted by Crippen LogP contribution is -2.46. The van der Waals surface area contributed by atoms with Crippen molar-refractivity contribution in [3.8, 4) is 0 Å². The Labute approximate surface area is 146 Å². The van der Waals surface area contributed by atoms with Gasteiger partial charge < -0.3 is 9.84 Å². The Balaban J connectivity index is 1.70. The fraction of sp³-hybridized carbons (Fsp3) is 0.588. The third kappa shape index (κ3) is 3.78. The van der Waals surface area contributed by atoms with E-state index in [4.69, 9.17) is 4.52 Å². The summed E-state index contributed by atoms with van der Waals surface area (Å²) in [6.45, 7) is 7.93. The molecule has 0 unspecified atom stereocenters. The van der Waals surface area contributed by atoms with E-state index in [1.54, 1.807) is 13.0 Å². The number of nitrogens with one attached hydrogen (secondary N) is 2. The van der Waals surface area contributed by atoms with Crippen LogP contribution in [0.25, 0.3) is 0 Å². The second kappa shape index (κ2) is 6.42. The van der Waals surface area contributed by atoms with E-state index < -0.39 is 5.54 Å². The van der Waals surface area contributed by atoms with E-state index in [1.807, 2.05) is 6.07 Å². The minimum atomic E-state index is -0.583. The van der Waals surface area contributed by atoms with Crippen molar-refractivity contribution in [2.24, 2.45) is 0 Å². The molecule has 8 nitrogen and oxygen atoms in total. The molecule has 2 amide bonds. The molecule has 2 aromatic rings. The normalized spacial score (nSPS) is 16.6. The number of nitrogens with zero attached hydrogens (tertiary/aromatic N) is 4. The molecule has 1 aliphatic carbocycles. The number of amides is 2. The molecule has 3 rings (SSSR count). The van der Waals surface area contributed by atoms with Crippen molar-refractivity contribution in [3.05, 3.63) is 29.5 Å². The predicted molar refractivity (Wildman–Crippen MR) is 92.1 cm³/mol. The first-order valence-corrected chi connectivity index (χ1v) is 8.53. The second-order valence-corrected chi connectivity index (χ2v) is 7.56. The molecule has 1 fully saturated rings. The molecule has 0 spiro atoms. The van der Waals surface area contributed by atoms with Crippen LogP contribution in [0.2, 0.25) is 0 Å². The molecule has 2 N–H and O–H groups in total. The average Bonchev–Trinajstić information content (AvgIpc) is 3.17. The standard InChI is InChI=1S/C17H24N6O2/c1-11-18-14(23-25-11)17(9-5-6-10-17)20-15(24)19-13-8-7-12(21-22-13)16(2,3)4/h7-8H,5-6,9-10H2,1-4H3,(H2,19,20,22,24). The van der Waals surface area contributed by atoms with Crippen molar-refractivity contribution < 1.29 is 9.32 Å². The van der Waals surface area contributed by atoms with Crippen molar-refractivity contribution >= 4 is 11.8 Å². The Morgan fingerprint density at radius 2 is 1.92 bits per heavy atom. The lowest BCUT2D eigenvalue weighted by molar-refractivity contribution is 0.232. The van der Waals surface area contributed by atoms with Gasteiger partial charge in [-0.2, -0.15) is 10.1 Å². The first-order chi connectivity index (χ1) is 11.8. The van der Waals surface area contributed by atoms with Crippen molar-refractivity contribution in [2.45, 2.75) is 64.3 Å². The molecular formula is C17H24N6O2. The van der Waals surface area contributed by atoms with Gasteiger partial charge in [0, 0.05) is 12.3 Å². The number of carbonyl (C=O) groups is 1. The highest BCUT2D eigenvalue weighted by molar-refractivity contribution is 5.88. The van der Waals surface area contributed by atoms with Gasteiger partial charge in [0.15, 0.2) is 11.6 Å². The van der Waals surface area contributed by atoms with E-state index in [1.165, 1.54) is 0 Å². The molecule has 25 heavy (non-hydrogen) atoms. The summed E-state index contributed by atoms with van der Waals surface area (Å²) < 4.78 is 5.09. The molecule has 0 aromatic carbocycles. The fourth-order valence-electron chi connectivity index (χ4n) is 3.04. The van der Waals surface area contributed by atoms with E-state index in [2.05, 4.69) is 51.7 Å². The number of rotatable bonds is 3. The number of carbonyl (C=O) groups excluding carboxylic acids is 1. The Morgan fingerprint density at radius 3 is 2.44 bits per heavy atom. The van der Waals surface area contributed by atoms with Crippen LogP contribution < -0.4 is 10.6 Å². The van der Waals surface area contributed by atoms with Crippen molar-refractivity contribution in [3.63, 3.8) is 0 Å². The van der Waals surface area contributed by atoms with Gasteiger partial charge in [-0.25, -0.2) is 4.79 Å². The monoisotopic (exact) mass is 344 g/mol. The molecular weight excluding hydrogens is 320 g/mol. The van der Waals surface area contributed by atoms with E-state index >= 15 is 0 Å². The smallest absolute Gasteiger partial charge is 0.321 e. The number of anilines is 1. The van der Waals surface area contributed by atoms with Crippen LogP contribution in [-0.2, 0) is 11.0 Å². The average molecular weight is 344 g/mol. The Kier molecular flexibility index (Phi) is 4.45. The van der Waals surface area contributed by atoms with Gasteiger partial charge in [0.25, 0.3) is 0 Å². The summed E-state index contributed by atoms with van der Waals surface area (Å²) in [6, 6.07) is 3.28. The van der Waals surface area contributed by atoms with E-state index in [0.29, 0.717) is 17.5 Å². The number of urea groups is 1. The fourth-order valence-corrected chi connectivity index (χ4v) is 3.04. The van der Waals surface area contributed by atoms with Crippen LogP contribution in [0.1, 0.15) is 63.9 Å². The highest BCUT2D eigenvalue weighted by Gasteiger charge is 2.41. The molecule has 0 atom stereocenters. The summed E-state index contributed by atoms with van der Waals surface area (Å²) in [5, 5.41) is 18.0. The number of hydrogen-bond acceptors (Lipinski definition) is 6. The molecule has 2 heterocycles. The zero-order chi connectivity index (χ0) is 18.1. The van der Waals surface area contributed by atoms with Crippen LogP contribution in [0.4, 0.5) is 10.6 Å². The third-order valence-electron chi connectivity index (χ3n) is 4.44. The van der Waals surface area contributed by atoms with Crippen LogP contribution in [0, 0.1) is 6.92 Å². The van der Waals surface area contributed by atoms with Crippen LogP contribution in [0.15, 0.2) is 16.7 Å². The maximum atomic E-state index is 12.5. The van der Waals surface area contributed by atoms with Gasteiger partial charge in [0.2, 0.25) is 5.89 Å². The number of aryl methyl sites for hydroxylation is 1. The number of aromatic nitrogens is 4. The zero-order valence-corrected chi connectivity index (χ0v) is 15.1. The van der Waals surface area contributed by atoms with Gasteiger partial charge in [-0.3, -0.25) is 5.32 Å². The topological polar surface area (TPSA) is 106 Å². The summed E-state index contributed by atoms with van der Waals surface area (Å²) in [7, 11) is 0. The molecule has 8 heteroatoms. The summed E-state index contributed by atoms with van der Waals surface area (Å²) in [5.41, 5.74) is 0.201. The lowest BCUT2D eigenvalue weighted by atomic mass is 9.92. The van der Waals surface area contributed by atoms with Gasteiger partial charge in [-0.15, -0.1) is 5.10 Å². The van der Waals surface area contributed by atoms with Crippen molar-refractivity contribution in [1.29, 1.82) is 0 Å². The van der Waals surface area contributed by atoms with Gasteiger partial charge >= 0.3 is 6.03 Å². The van der Waals surface area contributed by atoms with Crippen molar-refractivity contribution in [1.82, 2.24) is 25.7 Å². The molecule has 1 aliphatic rings. The molecule has 134 valence electrons. The van der Waals surface area contributed by atoms with E-state index in [0.717, 1.165) is 31.4 Å². The Bertz CT molecular complexity index is 741. The minimum absolute atomic E-state index is 0.0851. The molecule has 0 radical (unpaired) electrons. The summed E-state index contributed by atoms with van der Waals surface area (Å²) in [4.78, 5) is 16.8. The van der Waals surface area contributed by atoms with Crippen LogP contribution in [-0.4, -0.2) is 26.4 Å². The Morgan fingerprint density at radius 1 is 1.20 bits per heavy atom. The maximum Gasteiger partial charge on any atom is 0.321 e. The summed E-state index contributed by atoms with van der Waals surface area (Å²) in [6.07, 6.45) is 3.59. The molecule has 2 aromatic heterocycles. The summed E-state index contributed by atoms with van der Waals surface area (Å²) in [5.74, 6) is 1.43. The first-order valence-electron chi connectivity index (χ1n) is 8.53. The minimum Gasteiger partial charge on any atom is -0.340 e. The van der Waals surface area contributed by atoms with E-state index in [-0.39, 0.29) is 11.4 Å². The van der Waals surface area contributed by atoms with Gasteiger partial charge in [-0.05, 0) is 25.0 Å². The van der Waals surface area contributed by atoms with E-state index in [9.17, 15) is 4.79 Å². The highest BCUT2D eigenvalue weighted by Crippen LogP contribution is 2.37. The predicted octanol–water partition coefficient (Wildman–Crippen LogP) is 3.06. The molecule has 0 saturated heterocycles. The third-order valence-corrected chi connectivity index (χ3v) is 4.44. The quantitative estimate of drug-likeness (QED) is 0.886. The molecule has 1 saturated carbocycles. The summed E-state index contributed by atoms with van der Waals surface area (Å²) >= 11 is 0.